The maximum atomic E-state index is 12.8. The third kappa shape index (κ3) is 4.56. The van der Waals surface area contributed by atoms with E-state index >= 15 is 0 Å². The Kier molecular flexibility index (Phi) is 5.94. The van der Waals surface area contributed by atoms with Crippen molar-refractivity contribution < 1.29 is 18.5 Å². The van der Waals surface area contributed by atoms with Crippen molar-refractivity contribution in [1.29, 1.82) is 0 Å². The summed E-state index contributed by atoms with van der Waals surface area (Å²) in [6.07, 6.45) is 1.34. The van der Waals surface area contributed by atoms with Crippen molar-refractivity contribution in [2.45, 2.75) is 20.3 Å². The highest BCUT2D eigenvalue weighted by molar-refractivity contribution is 6.33. The van der Waals surface area contributed by atoms with Crippen LogP contribution >= 0.6 is 11.6 Å². The molecule has 2 aromatic heterocycles. The lowest BCUT2D eigenvalue weighted by Gasteiger charge is -2.36. The van der Waals surface area contributed by atoms with Crippen LogP contribution in [0, 0.1) is 13.8 Å². The van der Waals surface area contributed by atoms with Gasteiger partial charge in [-0.3, -0.25) is 14.9 Å². The first-order valence-corrected chi connectivity index (χ1v) is 10.3. The number of amides is 2. The van der Waals surface area contributed by atoms with Gasteiger partial charge in [0.25, 0.3) is 5.91 Å². The smallest absolute Gasteiger partial charge is 0.302 e. The number of benzene rings is 1. The predicted octanol–water partition coefficient (Wildman–Crippen LogP) is 3.08. The molecule has 1 saturated heterocycles. The van der Waals surface area contributed by atoms with E-state index in [1.165, 1.54) is 6.26 Å². The Bertz CT molecular complexity index is 1080. The van der Waals surface area contributed by atoms with Crippen LogP contribution in [0.15, 0.2) is 39.5 Å². The topological polar surface area (TPSA) is 105 Å². The molecule has 9 nitrogen and oxygen atoms in total. The molecule has 1 N–H and O–H groups in total. The van der Waals surface area contributed by atoms with E-state index in [1.807, 2.05) is 24.3 Å². The van der Waals surface area contributed by atoms with Gasteiger partial charge in [0.1, 0.15) is 12.0 Å². The number of carbonyl (C=O) groups is 2. The molecule has 0 aliphatic carbocycles. The largest absolute Gasteiger partial charge is 0.431 e. The summed E-state index contributed by atoms with van der Waals surface area (Å²) in [5.74, 6) is 0.0178. The Morgan fingerprint density at radius 3 is 2.58 bits per heavy atom. The molecule has 1 aliphatic heterocycles. The summed E-state index contributed by atoms with van der Waals surface area (Å²) in [7, 11) is 0. The zero-order chi connectivity index (χ0) is 22.0. The van der Waals surface area contributed by atoms with Gasteiger partial charge in [-0.25, -0.2) is 0 Å². The Morgan fingerprint density at radius 1 is 1.16 bits per heavy atom. The van der Waals surface area contributed by atoms with Crippen LogP contribution in [-0.4, -0.2) is 53.0 Å². The summed E-state index contributed by atoms with van der Waals surface area (Å²) >= 11 is 6.27. The third-order valence-electron chi connectivity index (χ3n) is 5.25. The van der Waals surface area contributed by atoms with Crippen molar-refractivity contribution in [2.24, 2.45) is 0 Å². The first-order valence-electron chi connectivity index (χ1n) is 9.88. The molecular weight excluding hydrogens is 422 g/mol. The van der Waals surface area contributed by atoms with Crippen molar-refractivity contribution in [3.63, 3.8) is 0 Å². The normalized spacial score (nSPS) is 14.0. The van der Waals surface area contributed by atoms with E-state index in [9.17, 15) is 9.59 Å². The summed E-state index contributed by atoms with van der Waals surface area (Å²) in [6.45, 7) is 5.90. The van der Waals surface area contributed by atoms with Gasteiger partial charge in [-0.05, 0) is 26.0 Å². The molecule has 1 aliphatic rings. The van der Waals surface area contributed by atoms with Crippen LogP contribution in [0.25, 0.3) is 0 Å². The van der Waals surface area contributed by atoms with Gasteiger partial charge in [-0.15, -0.1) is 0 Å². The Morgan fingerprint density at radius 2 is 1.90 bits per heavy atom. The summed E-state index contributed by atoms with van der Waals surface area (Å²) in [6, 6.07) is 7.63. The fraction of sp³-hybridized carbons (Fsp3) is 0.333. The molecule has 10 heteroatoms. The van der Waals surface area contributed by atoms with E-state index in [4.69, 9.17) is 20.5 Å². The number of anilines is 2. The zero-order valence-electron chi connectivity index (χ0n) is 17.2. The Balaban J connectivity index is 1.33. The van der Waals surface area contributed by atoms with Gasteiger partial charge in [-0.1, -0.05) is 28.9 Å². The second-order valence-corrected chi connectivity index (χ2v) is 7.70. The molecule has 1 fully saturated rings. The van der Waals surface area contributed by atoms with Crippen LogP contribution in [0.1, 0.15) is 27.5 Å². The molecule has 1 aromatic carbocycles. The van der Waals surface area contributed by atoms with Crippen molar-refractivity contribution in [3.8, 4) is 0 Å². The molecule has 3 heterocycles. The quantitative estimate of drug-likeness (QED) is 0.646. The second kappa shape index (κ2) is 8.81. The number of hydrogen-bond acceptors (Lipinski definition) is 7. The number of hydrogen-bond donors (Lipinski definition) is 1. The summed E-state index contributed by atoms with van der Waals surface area (Å²) < 4.78 is 10.3. The average Bonchev–Trinajstić information content (AvgIpc) is 3.35. The number of piperazine rings is 1. The minimum Gasteiger partial charge on any atom is -0.431 e. The lowest BCUT2D eigenvalue weighted by atomic mass is 10.1. The number of rotatable bonds is 5. The monoisotopic (exact) mass is 443 g/mol. The van der Waals surface area contributed by atoms with Crippen LogP contribution in [-0.2, 0) is 11.2 Å². The van der Waals surface area contributed by atoms with Gasteiger partial charge in [0.15, 0.2) is 5.69 Å². The van der Waals surface area contributed by atoms with Gasteiger partial charge >= 0.3 is 6.01 Å². The van der Waals surface area contributed by atoms with Crippen LogP contribution in [0.5, 0.6) is 0 Å². The van der Waals surface area contributed by atoms with E-state index in [0.29, 0.717) is 42.7 Å². The van der Waals surface area contributed by atoms with E-state index < -0.39 is 0 Å². The minimum absolute atomic E-state index is 0.0187. The standard InChI is InChI=1S/C21H22ClN5O4/c1-13-15(14(2)31-25-13)11-19(28)24-21-23-17(12-30-21)20(29)27-9-7-26(8-10-27)18-6-4-3-5-16(18)22/h3-6,12H,7-11H2,1-2H3,(H,23,24,28). The van der Waals surface area contributed by atoms with Crippen LogP contribution in [0.3, 0.4) is 0 Å². The second-order valence-electron chi connectivity index (χ2n) is 7.30. The van der Waals surface area contributed by atoms with Crippen LogP contribution in [0.4, 0.5) is 11.7 Å². The predicted molar refractivity (Wildman–Crippen MR) is 114 cm³/mol. The summed E-state index contributed by atoms with van der Waals surface area (Å²) in [4.78, 5) is 33.0. The maximum Gasteiger partial charge on any atom is 0.302 e. The fourth-order valence-corrected chi connectivity index (χ4v) is 3.78. The van der Waals surface area contributed by atoms with Crippen molar-refractivity contribution >= 4 is 35.1 Å². The molecule has 0 radical (unpaired) electrons. The number of para-hydroxylation sites is 1. The minimum atomic E-state index is -0.330. The molecule has 0 unspecified atom stereocenters. The Labute approximate surface area is 183 Å². The summed E-state index contributed by atoms with van der Waals surface area (Å²) in [5.41, 5.74) is 2.49. The number of oxazole rings is 1. The van der Waals surface area contributed by atoms with E-state index in [1.54, 1.807) is 18.7 Å². The maximum absolute atomic E-state index is 12.8. The Hall–Kier alpha value is -3.33. The molecule has 162 valence electrons. The fourth-order valence-electron chi connectivity index (χ4n) is 3.53. The molecule has 3 aromatic rings. The van der Waals surface area contributed by atoms with E-state index in [2.05, 4.69) is 20.4 Å². The van der Waals surface area contributed by atoms with Gasteiger partial charge in [-0.2, -0.15) is 4.98 Å². The molecule has 0 bridgehead atoms. The number of carbonyl (C=O) groups excluding carboxylic acids is 2. The SMILES string of the molecule is Cc1noc(C)c1CC(=O)Nc1nc(C(=O)N2CCN(c3ccccc3Cl)CC2)co1. The highest BCUT2D eigenvalue weighted by Gasteiger charge is 2.25. The van der Waals surface area contributed by atoms with Crippen molar-refractivity contribution in [1.82, 2.24) is 15.0 Å². The molecule has 31 heavy (non-hydrogen) atoms. The number of nitrogens with one attached hydrogen (secondary N) is 1. The van der Waals surface area contributed by atoms with Gasteiger partial charge in [0, 0.05) is 31.7 Å². The first kappa shape index (κ1) is 20.9. The lowest BCUT2D eigenvalue weighted by Crippen LogP contribution is -2.49. The number of aromatic nitrogens is 2. The summed E-state index contributed by atoms with van der Waals surface area (Å²) in [5, 5.41) is 7.09. The first-order chi connectivity index (χ1) is 14.9. The van der Waals surface area contributed by atoms with Gasteiger partial charge in [0.2, 0.25) is 5.91 Å². The van der Waals surface area contributed by atoms with Gasteiger partial charge in [0.05, 0.1) is 22.8 Å². The third-order valence-corrected chi connectivity index (χ3v) is 5.57. The molecule has 2 amide bonds. The number of halogens is 1. The molecule has 0 spiro atoms. The van der Waals surface area contributed by atoms with Crippen molar-refractivity contribution in [2.75, 3.05) is 36.4 Å². The lowest BCUT2D eigenvalue weighted by molar-refractivity contribution is -0.115. The van der Waals surface area contributed by atoms with Crippen LogP contribution < -0.4 is 10.2 Å². The molecule has 0 atom stereocenters. The molecule has 4 rings (SSSR count). The van der Waals surface area contributed by atoms with Crippen LogP contribution in [0.2, 0.25) is 5.02 Å². The highest BCUT2D eigenvalue weighted by Crippen LogP contribution is 2.26. The van der Waals surface area contributed by atoms with Gasteiger partial charge < -0.3 is 18.7 Å². The molecule has 0 saturated carbocycles. The van der Waals surface area contributed by atoms with E-state index in [-0.39, 0.29) is 29.9 Å². The number of aryl methyl sites for hydroxylation is 2. The average molecular weight is 444 g/mol. The van der Waals surface area contributed by atoms with Crippen molar-refractivity contribution in [3.05, 3.63) is 58.3 Å². The molecular formula is C21H22ClN5O4. The highest BCUT2D eigenvalue weighted by atomic mass is 35.5. The zero-order valence-corrected chi connectivity index (χ0v) is 18.0. The van der Waals surface area contributed by atoms with E-state index in [0.717, 1.165) is 11.3 Å². The number of nitrogens with zero attached hydrogens (tertiary/aromatic N) is 4.